The standard InChI is InChI=1S/C11H14N6O/c1-11(2,3)17-10(14-15-16-17)13-9(18)8-5-4-6-12-7-8/h4-7H,1-3H3,(H,13,14,16,18). The number of nitrogens with zero attached hydrogens (tertiary/aromatic N) is 5. The molecule has 0 aliphatic heterocycles. The van der Waals surface area contributed by atoms with Gasteiger partial charge in [0, 0.05) is 12.4 Å². The lowest BCUT2D eigenvalue weighted by molar-refractivity contribution is 0.102. The molecule has 2 aromatic rings. The maximum atomic E-state index is 11.9. The Kier molecular flexibility index (Phi) is 3.05. The summed E-state index contributed by atoms with van der Waals surface area (Å²) in [5.74, 6) is 0.0275. The smallest absolute Gasteiger partial charge is 0.259 e. The fourth-order valence-corrected chi connectivity index (χ4v) is 1.39. The summed E-state index contributed by atoms with van der Waals surface area (Å²) < 4.78 is 1.56. The Balaban J connectivity index is 2.21. The minimum atomic E-state index is -0.305. The maximum Gasteiger partial charge on any atom is 0.259 e. The van der Waals surface area contributed by atoms with E-state index in [0.29, 0.717) is 11.5 Å². The second kappa shape index (κ2) is 4.52. The monoisotopic (exact) mass is 246 g/mol. The van der Waals surface area contributed by atoms with Crippen LogP contribution in [-0.2, 0) is 5.54 Å². The lowest BCUT2D eigenvalue weighted by Gasteiger charge is -2.19. The van der Waals surface area contributed by atoms with Crippen molar-refractivity contribution in [1.82, 2.24) is 25.2 Å². The van der Waals surface area contributed by atoms with Gasteiger partial charge in [-0.25, -0.2) is 4.68 Å². The molecule has 0 saturated heterocycles. The van der Waals surface area contributed by atoms with Gasteiger partial charge in [-0.05, 0) is 43.3 Å². The van der Waals surface area contributed by atoms with Crippen LogP contribution >= 0.6 is 0 Å². The summed E-state index contributed by atoms with van der Waals surface area (Å²) in [6.45, 7) is 5.84. The van der Waals surface area contributed by atoms with Crippen molar-refractivity contribution in [1.29, 1.82) is 0 Å². The van der Waals surface area contributed by atoms with Crippen LogP contribution in [0.4, 0.5) is 5.95 Å². The van der Waals surface area contributed by atoms with Crippen molar-refractivity contribution in [2.24, 2.45) is 0 Å². The Bertz CT molecular complexity index is 542. The number of tetrazole rings is 1. The van der Waals surface area contributed by atoms with Crippen LogP contribution in [0, 0.1) is 0 Å². The Hall–Kier alpha value is -2.31. The van der Waals surface area contributed by atoms with E-state index in [9.17, 15) is 4.79 Å². The molecule has 2 rings (SSSR count). The molecule has 7 heteroatoms. The second-order valence-corrected chi connectivity index (χ2v) is 4.78. The van der Waals surface area contributed by atoms with Crippen LogP contribution in [0.15, 0.2) is 24.5 Å². The third-order valence-corrected chi connectivity index (χ3v) is 2.25. The first-order valence-electron chi connectivity index (χ1n) is 5.49. The lowest BCUT2D eigenvalue weighted by Crippen LogP contribution is -2.27. The Morgan fingerprint density at radius 1 is 1.39 bits per heavy atom. The van der Waals surface area contributed by atoms with E-state index < -0.39 is 0 Å². The molecule has 1 N–H and O–H groups in total. The number of carbonyl (C=O) groups is 1. The number of pyridine rings is 1. The highest BCUT2D eigenvalue weighted by Crippen LogP contribution is 2.16. The van der Waals surface area contributed by atoms with Gasteiger partial charge in [-0.2, -0.15) is 0 Å². The van der Waals surface area contributed by atoms with Crippen LogP contribution in [-0.4, -0.2) is 31.1 Å². The van der Waals surface area contributed by atoms with Crippen molar-refractivity contribution in [2.45, 2.75) is 26.3 Å². The highest BCUT2D eigenvalue weighted by molar-refractivity contribution is 6.03. The van der Waals surface area contributed by atoms with Crippen LogP contribution < -0.4 is 5.32 Å². The number of carbonyl (C=O) groups excluding carboxylic acids is 1. The molecular formula is C11H14N6O. The van der Waals surface area contributed by atoms with Gasteiger partial charge in [-0.3, -0.25) is 15.1 Å². The average molecular weight is 246 g/mol. The molecule has 0 fully saturated rings. The summed E-state index contributed by atoms with van der Waals surface area (Å²) in [6, 6.07) is 3.37. The molecule has 0 radical (unpaired) electrons. The van der Waals surface area contributed by atoms with E-state index in [1.54, 1.807) is 23.0 Å². The minimum Gasteiger partial charge on any atom is -0.289 e. The molecule has 0 bridgehead atoms. The van der Waals surface area contributed by atoms with Crippen LogP contribution in [0.1, 0.15) is 31.1 Å². The molecule has 0 unspecified atom stereocenters. The summed E-state index contributed by atoms with van der Waals surface area (Å²) in [6.07, 6.45) is 3.09. The van der Waals surface area contributed by atoms with Crippen LogP contribution in [0.2, 0.25) is 0 Å². The number of hydrogen-bond donors (Lipinski definition) is 1. The molecule has 0 saturated carbocycles. The van der Waals surface area contributed by atoms with E-state index in [4.69, 9.17) is 0 Å². The van der Waals surface area contributed by atoms with Gasteiger partial charge in [0.2, 0.25) is 5.95 Å². The zero-order valence-electron chi connectivity index (χ0n) is 10.5. The molecular weight excluding hydrogens is 232 g/mol. The topological polar surface area (TPSA) is 85.6 Å². The van der Waals surface area contributed by atoms with Gasteiger partial charge in [-0.15, -0.1) is 0 Å². The van der Waals surface area contributed by atoms with Crippen molar-refractivity contribution in [2.75, 3.05) is 5.32 Å². The number of nitrogens with one attached hydrogen (secondary N) is 1. The third kappa shape index (κ3) is 2.50. The van der Waals surface area contributed by atoms with E-state index in [1.807, 2.05) is 20.8 Å². The van der Waals surface area contributed by atoms with Crippen molar-refractivity contribution in [3.63, 3.8) is 0 Å². The molecule has 2 heterocycles. The molecule has 0 aliphatic carbocycles. The molecule has 0 spiro atoms. The lowest BCUT2D eigenvalue weighted by atomic mass is 10.1. The maximum absolute atomic E-state index is 11.9. The molecule has 94 valence electrons. The molecule has 1 amide bonds. The highest BCUT2D eigenvalue weighted by Gasteiger charge is 2.21. The van der Waals surface area contributed by atoms with E-state index in [0.717, 1.165) is 0 Å². The first-order valence-corrected chi connectivity index (χ1v) is 5.49. The summed E-state index contributed by atoms with van der Waals surface area (Å²) in [5.41, 5.74) is 0.155. The fraction of sp³-hybridized carbons (Fsp3) is 0.364. The van der Waals surface area contributed by atoms with Crippen molar-refractivity contribution < 1.29 is 4.79 Å². The normalized spacial score (nSPS) is 11.3. The SMILES string of the molecule is CC(C)(C)n1nnnc1NC(=O)c1cccnc1. The first-order chi connectivity index (χ1) is 8.48. The summed E-state index contributed by atoms with van der Waals surface area (Å²) in [5, 5.41) is 13.9. The van der Waals surface area contributed by atoms with Crippen molar-refractivity contribution in [3.05, 3.63) is 30.1 Å². The van der Waals surface area contributed by atoms with E-state index >= 15 is 0 Å². The summed E-state index contributed by atoms with van der Waals surface area (Å²) in [7, 11) is 0. The van der Waals surface area contributed by atoms with E-state index in [1.165, 1.54) is 6.20 Å². The molecule has 7 nitrogen and oxygen atoms in total. The minimum absolute atomic E-state index is 0.289. The quantitative estimate of drug-likeness (QED) is 0.856. The predicted octanol–water partition coefficient (Wildman–Crippen LogP) is 1.08. The van der Waals surface area contributed by atoms with Gasteiger partial charge in [0.05, 0.1) is 11.1 Å². The van der Waals surface area contributed by atoms with Crippen molar-refractivity contribution >= 4 is 11.9 Å². The summed E-state index contributed by atoms with van der Waals surface area (Å²) in [4.78, 5) is 15.8. The Labute approximate surface area is 104 Å². The van der Waals surface area contributed by atoms with Gasteiger partial charge >= 0.3 is 0 Å². The molecule has 18 heavy (non-hydrogen) atoms. The van der Waals surface area contributed by atoms with Gasteiger partial charge < -0.3 is 0 Å². The molecule has 0 aromatic carbocycles. The van der Waals surface area contributed by atoms with Gasteiger partial charge in [0.15, 0.2) is 0 Å². The highest BCUT2D eigenvalue weighted by atomic mass is 16.1. The Morgan fingerprint density at radius 2 is 2.17 bits per heavy atom. The number of anilines is 1. The van der Waals surface area contributed by atoms with E-state index in [-0.39, 0.29) is 11.4 Å². The second-order valence-electron chi connectivity index (χ2n) is 4.78. The van der Waals surface area contributed by atoms with Crippen LogP contribution in [0.3, 0.4) is 0 Å². The van der Waals surface area contributed by atoms with E-state index in [2.05, 4.69) is 25.8 Å². The first kappa shape index (κ1) is 12.2. The molecule has 0 atom stereocenters. The molecule has 0 aliphatic rings. The van der Waals surface area contributed by atoms with Gasteiger partial charge in [0.25, 0.3) is 5.91 Å². The molecule has 2 aromatic heterocycles. The van der Waals surface area contributed by atoms with Crippen molar-refractivity contribution in [3.8, 4) is 0 Å². The van der Waals surface area contributed by atoms with Gasteiger partial charge in [0.1, 0.15) is 0 Å². The Morgan fingerprint density at radius 3 is 2.78 bits per heavy atom. The number of amides is 1. The fourth-order valence-electron chi connectivity index (χ4n) is 1.39. The summed E-state index contributed by atoms with van der Waals surface area (Å²) >= 11 is 0. The zero-order chi connectivity index (χ0) is 13.2. The largest absolute Gasteiger partial charge is 0.289 e. The zero-order valence-corrected chi connectivity index (χ0v) is 10.5. The number of rotatable bonds is 2. The number of aromatic nitrogens is 5. The van der Waals surface area contributed by atoms with Crippen LogP contribution in [0.5, 0.6) is 0 Å². The van der Waals surface area contributed by atoms with Crippen LogP contribution in [0.25, 0.3) is 0 Å². The van der Waals surface area contributed by atoms with Gasteiger partial charge in [-0.1, -0.05) is 5.10 Å². The number of hydrogen-bond acceptors (Lipinski definition) is 5. The third-order valence-electron chi connectivity index (χ3n) is 2.25. The predicted molar refractivity (Wildman–Crippen MR) is 65.0 cm³/mol. The average Bonchev–Trinajstić information content (AvgIpc) is 2.78.